The van der Waals surface area contributed by atoms with Gasteiger partial charge in [-0.05, 0) is 61.0 Å². The number of nitrogens with zero attached hydrogens (tertiary/aromatic N) is 3. The Bertz CT molecular complexity index is 956. The van der Waals surface area contributed by atoms with Gasteiger partial charge in [0.1, 0.15) is 18.0 Å². The second-order valence-electron chi connectivity index (χ2n) is 7.58. The summed E-state index contributed by atoms with van der Waals surface area (Å²) in [5, 5.41) is 0. The Labute approximate surface area is 189 Å². The Morgan fingerprint density at radius 3 is 2.40 bits per heavy atom. The van der Waals surface area contributed by atoms with Gasteiger partial charge in [0.05, 0.1) is 21.8 Å². The lowest BCUT2D eigenvalue weighted by molar-refractivity contribution is 0.0209. The van der Waals surface area contributed by atoms with Crippen LogP contribution in [0.3, 0.4) is 0 Å². The molecule has 6 nitrogen and oxygen atoms in total. The van der Waals surface area contributed by atoms with Gasteiger partial charge >= 0.3 is 6.09 Å². The Balaban J connectivity index is 1.66. The first-order valence-electron chi connectivity index (χ1n) is 9.52. The number of carbonyl (C=O) groups is 1. The van der Waals surface area contributed by atoms with Crippen LogP contribution in [0.1, 0.15) is 26.3 Å². The molecule has 0 aliphatic rings. The van der Waals surface area contributed by atoms with E-state index in [1.165, 1.54) is 0 Å². The molecule has 0 fully saturated rings. The van der Waals surface area contributed by atoms with Crippen molar-refractivity contribution in [1.82, 2.24) is 14.9 Å². The van der Waals surface area contributed by atoms with Gasteiger partial charge in [0.25, 0.3) is 0 Å². The zero-order valence-electron chi connectivity index (χ0n) is 17.2. The molecule has 0 saturated heterocycles. The SMILES string of the molecule is CC(C)(C)OC(=O)N(CCOc1ccccc1)Cc1cnc(-c2ccc(Br)s2)nc1. The summed E-state index contributed by atoms with van der Waals surface area (Å²) in [7, 11) is 0. The first-order chi connectivity index (χ1) is 14.3. The van der Waals surface area contributed by atoms with Gasteiger partial charge in [-0.3, -0.25) is 0 Å². The lowest BCUT2D eigenvalue weighted by Crippen LogP contribution is -2.38. The van der Waals surface area contributed by atoms with Crippen molar-refractivity contribution in [2.45, 2.75) is 32.9 Å². The molecule has 0 aliphatic heterocycles. The maximum absolute atomic E-state index is 12.7. The summed E-state index contributed by atoms with van der Waals surface area (Å²) in [5.41, 5.74) is 0.239. The third kappa shape index (κ3) is 6.81. The molecule has 158 valence electrons. The average Bonchev–Trinajstić information content (AvgIpc) is 3.13. The van der Waals surface area contributed by atoms with Crippen LogP contribution in [0.4, 0.5) is 4.79 Å². The second-order valence-corrected chi connectivity index (χ2v) is 10.0. The number of halogens is 1. The Morgan fingerprint density at radius 1 is 1.10 bits per heavy atom. The highest BCUT2D eigenvalue weighted by atomic mass is 79.9. The van der Waals surface area contributed by atoms with Gasteiger partial charge in [-0.2, -0.15) is 0 Å². The van der Waals surface area contributed by atoms with Crippen LogP contribution in [-0.2, 0) is 11.3 Å². The number of aromatic nitrogens is 2. The molecule has 0 N–H and O–H groups in total. The second kappa shape index (κ2) is 10.0. The highest BCUT2D eigenvalue weighted by Crippen LogP contribution is 2.28. The standard InChI is InChI=1S/C22H24BrN3O3S/c1-22(2,3)29-21(27)26(11-12-28-17-7-5-4-6-8-17)15-16-13-24-20(25-14-16)18-9-10-19(23)30-18/h4-10,13-14H,11-12,15H2,1-3H3. The number of thiophene rings is 1. The summed E-state index contributed by atoms with van der Waals surface area (Å²) < 4.78 is 12.3. The van der Waals surface area contributed by atoms with Crippen molar-refractivity contribution in [3.63, 3.8) is 0 Å². The van der Waals surface area contributed by atoms with Gasteiger partial charge in [0.15, 0.2) is 5.82 Å². The minimum absolute atomic E-state index is 0.335. The van der Waals surface area contributed by atoms with Crippen molar-refractivity contribution in [3.05, 3.63) is 64.2 Å². The van der Waals surface area contributed by atoms with Gasteiger partial charge in [-0.15, -0.1) is 11.3 Å². The summed E-state index contributed by atoms with van der Waals surface area (Å²) in [5.74, 6) is 1.42. The van der Waals surface area contributed by atoms with Crippen molar-refractivity contribution in [1.29, 1.82) is 0 Å². The Kier molecular flexibility index (Phi) is 7.44. The molecule has 3 rings (SSSR count). The van der Waals surface area contributed by atoms with Gasteiger partial charge in [0.2, 0.25) is 0 Å². The van der Waals surface area contributed by atoms with Crippen molar-refractivity contribution < 1.29 is 14.3 Å². The van der Waals surface area contributed by atoms with Gasteiger partial charge in [-0.25, -0.2) is 14.8 Å². The summed E-state index contributed by atoms with van der Waals surface area (Å²) >= 11 is 5.02. The maximum atomic E-state index is 12.7. The molecule has 1 amide bonds. The molecule has 0 bridgehead atoms. The van der Waals surface area contributed by atoms with E-state index < -0.39 is 11.7 Å². The fraction of sp³-hybridized carbons (Fsp3) is 0.318. The highest BCUT2D eigenvalue weighted by molar-refractivity contribution is 9.11. The van der Waals surface area contributed by atoms with E-state index in [2.05, 4.69) is 25.9 Å². The molecule has 1 aromatic carbocycles. The largest absolute Gasteiger partial charge is 0.492 e. The van der Waals surface area contributed by atoms with Crippen molar-refractivity contribution >= 4 is 33.4 Å². The fourth-order valence-corrected chi connectivity index (χ4v) is 3.90. The van der Waals surface area contributed by atoms with Gasteiger partial charge < -0.3 is 14.4 Å². The number of ether oxygens (including phenoxy) is 2. The van der Waals surface area contributed by atoms with Crippen molar-refractivity contribution in [2.75, 3.05) is 13.2 Å². The molecule has 8 heteroatoms. The molecular formula is C22H24BrN3O3S. The van der Waals surface area contributed by atoms with E-state index in [9.17, 15) is 4.79 Å². The monoisotopic (exact) mass is 489 g/mol. The molecule has 0 unspecified atom stereocenters. The van der Waals surface area contributed by atoms with E-state index in [0.717, 1.165) is 20.0 Å². The number of hydrogen-bond acceptors (Lipinski definition) is 6. The summed E-state index contributed by atoms with van der Waals surface area (Å²) in [6.07, 6.45) is 3.09. The predicted octanol–water partition coefficient (Wildman–Crippen LogP) is 5.78. The number of benzene rings is 1. The van der Waals surface area contributed by atoms with E-state index in [4.69, 9.17) is 9.47 Å². The van der Waals surface area contributed by atoms with Crippen LogP contribution in [0.15, 0.2) is 58.6 Å². The topological polar surface area (TPSA) is 64.5 Å². The lowest BCUT2D eigenvalue weighted by atomic mass is 10.2. The van der Waals surface area contributed by atoms with E-state index in [0.29, 0.717) is 25.5 Å². The van der Waals surface area contributed by atoms with Gasteiger partial charge in [0, 0.05) is 18.0 Å². The van der Waals surface area contributed by atoms with Crippen LogP contribution >= 0.6 is 27.3 Å². The molecule has 3 aromatic rings. The number of amides is 1. The third-order valence-electron chi connectivity index (χ3n) is 3.90. The van der Waals surface area contributed by atoms with Crippen molar-refractivity contribution in [3.8, 4) is 16.5 Å². The molecule has 2 heterocycles. The smallest absolute Gasteiger partial charge is 0.410 e. The summed E-state index contributed by atoms with van der Waals surface area (Å²) in [6, 6.07) is 13.4. The molecule has 0 radical (unpaired) electrons. The number of hydrogen-bond donors (Lipinski definition) is 0. The van der Waals surface area contributed by atoms with Crippen LogP contribution in [0.25, 0.3) is 10.7 Å². The molecule has 30 heavy (non-hydrogen) atoms. The third-order valence-corrected chi connectivity index (χ3v) is 5.52. The average molecular weight is 490 g/mol. The molecule has 2 aromatic heterocycles. The van der Waals surface area contributed by atoms with E-state index in [-0.39, 0.29) is 0 Å². The molecular weight excluding hydrogens is 466 g/mol. The minimum Gasteiger partial charge on any atom is -0.492 e. The Hall–Kier alpha value is -2.45. The summed E-state index contributed by atoms with van der Waals surface area (Å²) in [4.78, 5) is 24.2. The van der Waals surface area contributed by atoms with Crippen LogP contribution < -0.4 is 4.74 Å². The zero-order chi connectivity index (χ0) is 21.6. The molecule has 0 spiro atoms. The van der Waals surface area contributed by atoms with Crippen LogP contribution in [0.2, 0.25) is 0 Å². The predicted molar refractivity (Wildman–Crippen MR) is 122 cm³/mol. The van der Waals surface area contributed by atoms with Crippen molar-refractivity contribution in [2.24, 2.45) is 0 Å². The van der Waals surface area contributed by atoms with Gasteiger partial charge in [-0.1, -0.05) is 18.2 Å². The Morgan fingerprint density at radius 2 is 1.80 bits per heavy atom. The molecule has 0 saturated carbocycles. The molecule has 0 aliphatic carbocycles. The van der Waals surface area contributed by atoms with E-state index in [1.54, 1.807) is 28.6 Å². The number of para-hydroxylation sites is 1. The number of carbonyl (C=O) groups excluding carboxylic acids is 1. The normalized spacial score (nSPS) is 11.2. The van der Waals surface area contributed by atoms with Crippen LogP contribution in [0, 0.1) is 0 Å². The summed E-state index contributed by atoms with van der Waals surface area (Å²) in [6.45, 7) is 6.61. The minimum atomic E-state index is -0.581. The first-order valence-corrected chi connectivity index (χ1v) is 11.1. The van der Waals surface area contributed by atoms with Crippen LogP contribution in [-0.4, -0.2) is 39.7 Å². The zero-order valence-corrected chi connectivity index (χ0v) is 19.6. The lowest BCUT2D eigenvalue weighted by Gasteiger charge is -2.27. The van der Waals surface area contributed by atoms with E-state index in [1.807, 2.05) is 63.2 Å². The maximum Gasteiger partial charge on any atom is 0.410 e. The van der Waals surface area contributed by atoms with Crippen LogP contribution in [0.5, 0.6) is 5.75 Å². The highest BCUT2D eigenvalue weighted by Gasteiger charge is 2.22. The van der Waals surface area contributed by atoms with E-state index >= 15 is 0 Å². The quantitative estimate of drug-likeness (QED) is 0.420. The fourth-order valence-electron chi connectivity index (χ4n) is 2.57. The molecule has 0 atom stereocenters. The number of rotatable bonds is 7. The first kappa shape index (κ1) is 22.2.